The summed E-state index contributed by atoms with van der Waals surface area (Å²) in [7, 11) is 0. The van der Waals surface area contributed by atoms with E-state index < -0.39 is 0 Å². The Kier molecular flexibility index (Phi) is 4.96. The quantitative estimate of drug-likeness (QED) is 0.564. The number of nitrogens with zero attached hydrogens (tertiary/aromatic N) is 2. The highest BCUT2D eigenvalue weighted by Gasteiger charge is 2.05. The second kappa shape index (κ2) is 7.32. The molecule has 0 spiro atoms. The fraction of sp³-hybridized carbons (Fsp3) is 0.350. The molecule has 1 aromatic heterocycles. The highest BCUT2D eigenvalue weighted by Crippen LogP contribution is 2.22. The molecule has 0 radical (unpaired) electrons. The normalized spacial score (nSPS) is 11.0. The molecule has 0 aliphatic heterocycles. The van der Waals surface area contributed by atoms with Gasteiger partial charge in [-0.3, -0.25) is 0 Å². The average molecular weight is 308 g/mol. The number of aryl methyl sites for hydroxylation is 1. The summed E-state index contributed by atoms with van der Waals surface area (Å²) in [5, 5.41) is 5.77. The zero-order valence-electron chi connectivity index (χ0n) is 14.0. The van der Waals surface area contributed by atoms with Gasteiger partial charge in [0.2, 0.25) is 0 Å². The minimum atomic E-state index is 0.773. The smallest absolute Gasteiger partial charge is 0.120 e. The Labute approximate surface area is 137 Å². The molecule has 3 nitrogen and oxygen atoms in total. The van der Waals surface area contributed by atoms with Crippen molar-refractivity contribution in [2.24, 2.45) is 0 Å². The van der Waals surface area contributed by atoms with Crippen molar-refractivity contribution in [3.8, 4) is 11.4 Å². The zero-order chi connectivity index (χ0) is 16.1. The van der Waals surface area contributed by atoms with Crippen molar-refractivity contribution in [2.45, 2.75) is 39.5 Å². The number of rotatable bonds is 7. The number of fused-ring (bicyclic) bond motifs is 1. The van der Waals surface area contributed by atoms with E-state index in [-0.39, 0.29) is 0 Å². The summed E-state index contributed by atoms with van der Waals surface area (Å²) in [5.41, 5.74) is 3.46. The largest absolute Gasteiger partial charge is 0.494 e. The minimum Gasteiger partial charge on any atom is -0.494 e. The molecule has 3 aromatic rings. The molecule has 0 amide bonds. The van der Waals surface area contributed by atoms with Gasteiger partial charge in [0.25, 0.3) is 0 Å². The van der Waals surface area contributed by atoms with E-state index in [1.165, 1.54) is 12.0 Å². The number of aromatic nitrogens is 2. The molecule has 0 fully saturated rings. The van der Waals surface area contributed by atoms with Crippen LogP contribution in [0, 0.1) is 0 Å². The molecule has 23 heavy (non-hydrogen) atoms. The Morgan fingerprint density at radius 3 is 2.57 bits per heavy atom. The SMILES string of the molecule is CCCCOc1ccc2nn(-c3ccc(CCC)cc3)cc2c1. The van der Waals surface area contributed by atoms with Gasteiger partial charge in [0.05, 0.1) is 17.8 Å². The number of hydrogen-bond acceptors (Lipinski definition) is 2. The van der Waals surface area contributed by atoms with E-state index in [4.69, 9.17) is 4.74 Å². The van der Waals surface area contributed by atoms with Gasteiger partial charge < -0.3 is 4.74 Å². The third-order valence-electron chi connectivity index (χ3n) is 3.98. The van der Waals surface area contributed by atoms with Crippen LogP contribution in [0.25, 0.3) is 16.6 Å². The fourth-order valence-corrected chi connectivity index (χ4v) is 2.66. The molecule has 0 saturated heterocycles. The third kappa shape index (κ3) is 3.73. The molecule has 0 N–H and O–H groups in total. The van der Waals surface area contributed by atoms with Crippen molar-refractivity contribution in [3.05, 3.63) is 54.2 Å². The van der Waals surface area contributed by atoms with E-state index in [1.807, 2.05) is 16.8 Å². The third-order valence-corrected chi connectivity index (χ3v) is 3.98. The highest BCUT2D eigenvalue weighted by atomic mass is 16.5. The van der Waals surface area contributed by atoms with E-state index >= 15 is 0 Å². The van der Waals surface area contributed by atoms with E-state index in [1.54, 1.807) is 0 Å². The van der Waals surface area contributed by atoms with Gasteiger partial charge in [-0.25, -0.2) is 4.68 Å². The topological polar surface area (TPSA) is 27.1 Å². The maximum absolute atomic E-state index is 5.78. The van der Waals surface area contributed by atoms with Crippen molar-refractivity contribution < 1.29 is 4.74 Å². The van der Waals surface area contributed by atoms with Crippen LogP contribution in [-0.2, 0) is 6.42 Å². The van der Waals surface area contributed by atoms with Crippen molar-refractivity contribution in [1.29, 1.82) is 0 Å². The lowest BCUT2D eigenvalue weighted by Crippen LogP contribution is -1.95. The predicted molar refractivity (Wildman–Crippen MR) is 95.5 cm³/mol. The van der Waals surface area contributed by atoms with Crippen LogP contribution in [0.4, 0.5) is 0 Å². The van der Waals surface area contributed by atoms with Crippen molar-refractivity contribution in [1.82, 2.24) is 9.78 Å². The number of ether oxygens (including phenoxy) is 1. The Balaban J connectivity index is 1.81. The lowest BCUT2D eigenvalue weighted by Gasteiger charge is -2.04. The summed E-state index contributed by atoms with van der Waals surface area (Å²) in [6.07, 6.45) is 6.60. The number of benzene rings is 2. The Morgan fingerprint density at radius 2 is 1.83 bits per heavy atom. The summed E-state index contributed by atoms with van der Waals surface area (Å²) in [5.74, 6) is 0.920. The first-order chi connectivity index (χ1) is 11.3. The average Bonchev–Trinajstić information content (AvgIpc) is 2.99. The molecule has 0 atom stereocenters. The standard InChI is InChI=1S/C20H24N2O/c1-3-5-13-23-19-11-12-20-17(14-19)15-22(21-20)18-9-7-16(6-4-2)8-10-18/h7-12,14-15H,3-6,13H2,1-2H3. The van der Waals surface area contributed by atoms with E-state index in [9.17, 15) is 0 Å². The fourth-order valence-electron chi connectivity index (χ4n) is 2.66. The first-order valence-electron chi connectivity index (χ1n) is 8.51. The lowest BCUT2D eigenvalue weighted by molar-refractivity contribution is 0.310. The Morgan fingerprint density at radius 1 is 1.00 bits per heavy atom. The molecule has 0 aliphatic carbocycles. The summed E-state index contributed by atoms with van der Waals surface area (Å²) < 4.78 is 7.72. The van der Waals surface area contributed by atoms with Crippen molar-refractivity contribution in [3.63, 3.8) is 0 Å². The van der Waals surface area contributed by atoms with Crippen LogP contribution in [0.15, 0.2) is 48.7 Å². The van der Waals surface area contributed by atoms with Gasteiger partial charge in [-0.2, -0.15) is 5.10 Å². The summed E-state index contributed by atoms with van der Waals surface area (Å²) >= 11 is 0. The highest BCUT2D eigenvalue weighted by molar-refractivity contribution is 5.80. The van der Waals surface area contributed by atoms with Gasteiger partial charge in [0, 0.05) is 11.6 Å². The molecule has 2 aromatic carbocycles. The molecule has 3 heteroatoms. The van der Waals surface area contributed by atoms with Crippen molar-refractivity contribution >= 4 is 10.9 Å². The molecule has 0 aliphatic rings. The first kappa shape index (κ1) is 15.6. The molecular formula is C20H24N2O. The van der Waals surface area contributed by atoms with Crippen LogP contribution in [0.5, 0.6) is 5.75 Å². The monoisotopic (exact) mass is 308 g/mol. The van der Waals surface area contributed by atoms with Gasteiger partial charge in [-0.05, 0) is 48.7 Å². The summed E-state index contributed by atoms with van der Waals surface area (Å²) in [6.45, 7) is 5.14. The second-order valence-corrected chi connectivity index (χ2v) is 5.91. The lowest BCUT2D eigenvalue weighted by atomic mass is 10.1. The number of hydrogen-bond donors (Lipinski definition) is 0. The summed E-state index contributed by atoms with van der Waals surface area (Å²) in [4.78, 5) is 0. The zero-order valence-corrected chi connectivity index (χ0v) is 14.0. The van der Waals surface area contributed by atoms with E-state index in [2.05, 4.69) is 55.5 Å². The van der Waals surface area contributed by atoms with E-state index in [0.717, 1.165) is 48.2 Å². The van der Waals surface area contributed by atoms with Crippen LogP contribution in [-0.4, -0.2) is 16.4 Å². The van der Waals surface area contributed by atoms with Crippen LogP contribution in [0.2, 0.25) is 0 Å². The van der Waals surface area contributed by atoms with Gasteiger partial charge >= 0.3 is 0 Å². The van der Waals surface area contributed by atoms with Crippen LogP contribution in [0.3, 0.4) is 0 Å². The summed E-state index contributed by atoms with van der Waals surface area (Å²) in [6, 6.07) is 14.7. The van der Waals surface area contributed by atoms with Gasteiger partial charge in [-0.15, -0.1) is 0 Å². The molecule has 0 saturated carbocycles. The van der Waals surface area contributed by atoms with Crippen LogP contribution in [0.1, 0.15) is 38.7 Å². The first-order valence-corrected chi connectivity index (χ1v) is 8.51. The van der Waals surface area contributed by atoms with Gasteiger partial charge in [0.1, 0.15) is 5.75 Å². The van der Waals surface area contributed by atoms with Crippen LogP contribution < -0.4 is 4.74 Å². The molecule has 0 unspecified atom stereocenters. The van der Waals surface area contributed by atoms with Gasteiger partial charge in [0.15, 0.2) is 0 Å². The molecule has 1 heterocycles. The molecular weight excluding hydrogens is 284 g/mol. The van der Waals surface area contributed by atoms with Crippen LogP contribution >= 0.6 is 0 Å². The number of unbranched alkanes of at least 4 members (excludes halogenated alkanes) is 1. The van der Waals surface area contributed by atoms with Crippen molar-refractivity contribution in [2.75, 3.05) is 6.61 Å². The second-order valence-electron chi connectivity index (χ2n) is 5.91. The maximum atomic E-state index is 5.78. The minimum absolute atomic E-state index is 0.773. The molecule has 0 bridgehead atoms. The van der Waals surface area contributed by atoms with E-state index in [0.29, 0.717) is 0 Å². The van der Waals surface area contributed by atoms with Gasteiger partial charge in [-0.1, -0.05) is 38.8 Å². The molecule has 3 rings (SSSR count). The predicted octanol–water partition coefficient (Wildman–Crippen LogP) is 5.16. The maximum Gasteiger partial charge on any atom is 0.120 e. The Bertz CT molecular complexity index is 759. The Hall–Kier alpha value is -2.29. The molecule has 120 valence electrons.